The smallest absolute Gasteiger partial charge is 0.257 e. The highest BCUT2D eigenvalue weighted by atomic mass is 16.5. The van der Waals surface area contributed by atoms with Gasteiger partial charge in [0.15, 0.2) is 11.8 Å². The van der Waals surface area contributed by atoms with Crippen molar-refractivity contribution >= 4 is 5.96 Å². The molecule has 6 nitrogen and oxygen atoms in total. The van der Waals surface area contributed by atoms with E-state index in [0.717, 1.165) is 42.3 Å². The Hall–Kier alpha value is -3.15. The highest BCUT2D eigenvalue weighted by Crippen LogP contribution is 2.19. The quantitative estimate of drug-likeness (QED) is 0.496. The molecule has 0 aliphatic heterocycles. The summed E-state index contributed by atoms with van der Waals surface area (Å²) in [6.07, 6.45) is 1.83. The minimum absolute atomic E-state index is 0.562. The van der Waals surface area contributed by atoms with Gasteiger partial charge < -0.3 is 15.2 Å². The van der Waals surface area contributed by atoms with Crippen molar-refractivity contribution < 1.29 is 4.52 Å². The van der Waals surface area contributed by atoms with Gasteiger partial charge >= 0.3 is 0 Å². The Balaban J connectivity index is 1.58. The van der Waals surface area contributed by atoms with Crippen LogP contribution in [-0.2, 0) is 19.5 Å². The zero-order chi connectivity index (χ0) is 18.9. The van der Waals surface area contributed by atoms with E-state index in [-0.39, 0.29) is 0 Å². The maximum atomic E-state index is 5.37. The van der Waals surface area contributed by atoms with E-state index in [9.17, 15) is 0 Å². The molecule has 3 aromatic rings. The molecule has 2 aromatic carbocycles. The third-order valence-corrected chi connectivity index (χ3v) is 4.10. The molecule has 0 fully saturated rings. The minimum atomic E-state index is 0.562. The summed E-state index contributed by atoms with van der Waals surface area (Å²) in [7, 11) is 1.77. The molecular weight excluding hydrogens is 338 g/mol. The van der Waals surface area contributed by atoms with E-state index < -0.39 is 0 Å². The van der Waals surface area contributed by atoms with Crippen molar-refractivity contribution in [2.75, 3.05) is 7.05 Å². The van der Waals surface area contributed by atoms with E-state index >= 15 is 0 Å². The lowest BCUT2D eigenvalue weighted by atomic mass is 10.1. The predicted octanol–water partition coefficient (Wildman–Crippen LogP) is 3.55. The Morgan fingerprint density at radius 1 is 1.00 bits per heavy atom. The Morgan fingerprint density at radius 2 is 1.74 bits per heavy atom. The summed E-state index contributed by atoms with van der Waals surface area (Å²) < 4.78 is 5.37. The molecule has 0 bridgehead atoms. The number of aryl methyl sites for hydroxylation is 1. The number of hydrogen-bond acceptors (Lipinski definition) is 4. The Labute approximate surface area is 159 Å². The first-order valence-electron chi connectivity index (χ1n) is 9.19. The van der Waals surface area contributed by atoms with Crippen LogP contribution in [0.1, 0.15) is 30.3 Å². The van der Waals surface area contributed by atoms with Crippen molar-refractivity contribution in [2.24, 2.45) is 4.99 Å². The van der Waals surface area contributed by atoms with Crippen LogP contribution >= 0.6 is 0 Å². The minimum Gasteiger partial charge on any atom is -0.352 e. The van der Waals surface area contributed by atoms with Crippen LogP contribution in [0.3, 0.4) is 0 Å². The van der Waals surface area contributed by atoms with Gasteiger partial charge in [0.1, 0.15) is 0 Å². The molecule has 0 unspecified atom stereocenters. The fourth-order valence-corrected chi connectivity index (χ4v) is 2.70. The standard InChI is InChI=1S/C21H25N5O/c1-3-8-19-25-20(27-26-19)18-12-7-11-17(13-18)15-24-21(22-2)23-14-16-9-5-4-6-10-16/h4-7,9-13H,3,8,14-15H2,1-2H3,(H2,22,23,24). The summed E-state index contributed by atoms with van der Waals surface area (Å²) in [4.78, 5) is 8.73. The maximum absolute atomic E-state index is 5.37. The van der Waals surface area contributed by atoms with E-state index in [1.165, 1.54) is 5.56 Å². The van der Waals surface area contributed by atoms with Crippen molar-refractivity contribution in [1.82, 2.24) is 20.8 Å². The van der Waals surface area contributed by atoms with Gasteiger partial charge in [-0.15, -0.1) is 0 Å². The summed E-state index contributed by atoms with van der Waals surface area (Å²) >= 11 is 0. The lowest BCUT2D eigenvalue weighted by Gasteiger charge is -2.12. The van der Waals surface area contributed by atoms with Crippen LogP contribution in [0.2, 0.25) is 0 Å². The number of nitrogens with zero attached hydrogens (tertiary/aromatic N) is 3. The summed E-state index contributed by atoms with van der Waals surface area (Å²) in [5, 5.41) is 10.7. The van der Waals surface area contributed by atoms with Gasteiger partial charge in [-0.25, -0.2) is 0 Å². The Kier molecular flexibility index (Phi) is 6.57. The summed E-state index contributed by atoms with van der Waals surface area (Å²) in [5.41, 5.74) is 3.25. The van der Waals surface area contributed by atoms with Gasteiger partial charge in [0, 0.05) is 32.1 Å². The molecule has 1 aromatic heterocycles. The third kappa shape index (κ3) is 5.41. The molecule has 0 saturated carbocycles. The second-order valence-corrected chi connectivity index (χ2v) is 6.23. The number of hydrogen-bond donors (Lipinski definition) is 2. The highest BCUT2D eigenvalue weighted by Gasteiger charge is 2.09. The number of aromatic nitrogens is 2. The molecule has 0 amide bonds. The first-order valence-corrected chi connectivity index (χ1v) is 9.19. The summed E-state index contributed by atoms with van der Waals surface area (Å²) in [6.45, 7) is 3.47. The molecule has 6 heteroatoms. The number of benzene rings is 2. The van der Waals surface area contributed by atoms with Gasteiger partial charge in [-0.3, -0.25) is 4.99 Å². The van der Waals surface area contributed by atoms with Crippen molar-refractivity contribution in [1.29, 1.82) is 0 Å². The lowest BCUT2D eigenvalue weighted by Crippen LogP contribution is -2.36. The van der Waals surface area contributed by atoms with Gasteiger partial charge in [-0.05, 0) is 29.7 Å². The monoisotopic (exact) mass is 363 g/mol. The zero-order valence-corrected chi connectivity index (χ0v) is 15.8. The van der Waals surface area contributed by atoms with E-state index in [2.05, 4.69) is 57.0 Å². The Bertz CT molecular complexity index is 873. The summed E-state index contributed by atoms with van der Waals surface area (Å²) in [5.74, 6) is 2.07. The normalized spacial score (nSPS) is 11.4. The van der Waals surface area contributed by atoms with Gasteiger partial charge in [-0.1, -0.05) is 54.5 Å². The molecule has 2 N–H and O–H groups in total. The average molecular weight is 363 g/mol. The molecule has 0 radical (unpaired) electrons. The molecule has 0 aliphatic rings. The molecule has 140 valence electrons. The van der Waals surface area contributed by atoms with Crippen molar-refractivity contribution in [3.05, 3.63) is 71.5 Å². The number of guanidine groups is 1. The topological polar surface area (TPSA) is 75.3 Å². The van der Waals surface area contributed by atoms with E-state index in [0.29, 0.717) is 12.4 Å². The fraction of sp³-hybridized carbons (Fsp3) is 0.286. The first kappa shape index (κ1) is 18.6. The third-order valence-electron chi connectivity index (χ3n) is 4.10. The highest BCUT2D eigenvalue weighted by molar-refractivity contribution is 5.79. The SMILES string of the molecule is CCCc1noc(-c2cccc(CNC(=NC)NCc3ccccc3)c2)n1. The van der Waals surface area contributed by atoms with E-state index in [1.807, 2.05) is 30.3 Å². The van der Waals surface area contributed by atoms with Crippen LogP contribution in [0.4, 0.5) is 0 Å². The van der Waals surface area contributed by atoms with Gasteiger partial charge in [0.05, 0.1) is 0 Å². The number of aliphatic imine (C=N–C) groups is 1. The first-order chi connectivity index (χ1) is 13.3. The molecule has 27 heavy (non-hydrogen) atoms. The van der Waals surface area contributed by atoms with Crippen molar-refractivity contribution in [3.8, 4) is 11.5 Å². The molecule has 0 saturated heterocycles. The second-order valence-electron chi connectivity index (χ2n) is 6.23. The maximum Gasteiger partial charge on any atom is 0.257 e. The largest absolute Gasteiger partial charge is 0.352 e. The van der Waals surface area contributed by atoms with Crippen molar-refractivity contribution in [2.45, 2.75) is 32.9 Å². The van der Waals surface area contributed by atoms with Crippen LogP contribution < -0.4 is 10.6 Å². The van der Waals surface area contributed by atoms with Gasteiger partial charge in [-0.2, -0.15) is 4.98 Å². The lowest BCUT2D eigenvalue weighted by molar-refractivity contribution is 0.422. The number of nitrogens with one attached hydrogen (secondary N) is 2. The second kappa shape index (κ2) is 9.52. The van der Waals surface area contributed by atoms with Crippen molar-refractivity contribution in [3.63, 3.8) is 0 Å². The van der Waals surface area contributed by atoms with Gasteiger partial charge in [0.25, 0.3) is 5.89 Å². The molecule has 0 aliphatic carbocycles. The van der Waals surface area contributed by atoms with Crippen LogP contribution in [0, 0.1) is 0 Å². The average Bonchev–Trinajstić information content (AvgIpc) is 3.18. The molecule has 0 spiro atoms. The molecule has 3 rings (SSSR count). The zero-order valence-electron chi connectivity index (χ0n) is 15.8. The fourth-order valence-electron chi connectivity index (χ4n) is 2.70. The van der Waals surface area contributed by atoms with E-state index in [1.54, 1.807) is 7.05 Å². The molecule has 0 atom stereocenters. The van der Waals surface area contributed by atoms with Crippen LogP contribution in [0.15, 0.2) is 64.1 Å². The van der Waals surface area contributed by atoms with Crippen LogP contribution in [0.25, 0.3) is 11.5 Å². The van der Waals surface area contributed by atoms with Crippen LogP contribution in [-0.4, -0.2) is 23.1 Å². The summed E-state index contributed by atoms with van der Waals surface area (Å²) in [6, 6.07) is 18.3. The predicted molar refractivity (Wildman–Crippen MR) is 107 cm³/mol. The van der Waals surface area contributed by atoms with Gasteiger partial charge in [0.2, 0.25) is 0 Å². The van der Waals surface area contributed by atoms with Crippen LogP contribution in [0.5, 0.6) is 0 Å². The molecular formula is C21H25N5O. The number of rotatable bonds is 7. The Morgan fingerprint density at radius 3 is 2.48 bits per heavy atom. The molecule has 1 heterocycles. The van der Waals surface area contributed by atoms with E-state index in [4.69, 9.17) is 4.52 Å².